The molecule has 0 saturated carbocycles. The Labute approximate surface area is 92.3 Å². The molecule has 2 N–H and O–H groups in total. The lowest BCUT2D eigenvalue weighted by atomic mass is 9.86. The minimum absolute atomic E-state index is 0.332. The monoisotopic (exact) mass is 213 g/mol. The summed E-state index contributed by atoms with van der Waals surface area (Å²) in [4.78, 5) is 0. The SMILES string of the molecule is CC1CC(C(N)CC2CCOCC2)CO1. The second-order valence-electron chi connectivity index (χ2n) is 5.10. The minimum atomic E-state index is 0.332. The largest absolute Gasteiger partial charge is 0.381 e. The van der Waals surface area contributed by atoms with Crippen LogP contribution in [0.3, 0.4) is 0 Å². The molecule has 0 aromatic heterocycles. The summed E-state index contributed by atoms with van der Waals surface area (Å²) in [5, 5.41) is 0. The molecule has 3 heteroatoms. The van der Waals surface area contributed by atoms with Crippen LogP contribution in [0.15, 0.2) is 0 Å². The molecule has 0 aliphatic carbocycles. The van der Waals surface area contributed by atoms with Gasteiger partial charge in [-0.15, -0.1) is 0 Å². The summed E-state index contributed by atoms with van der Waals surface area (Å²) in [6.07, 6.45) is 5.10. The molecule has 2 rings (SSSR count). The second kappa shape index (κ2) is 5.28. The van der Waals surface area contributed by atoms with Crippen LogP contribution in [0.25, 0.3) is 0 Å². The molecule has 2 aliphatic heterocycles. The first-order chi connectivity index (χ1) is 7.25. The van der Waals surface area contributed by atoms with Crippen LogP contribution in [-0.4, -0.2) is 32.0 Å². The van der Waals surface area contributed by atoms with Crippen molar-refractivity contribution >= 4 is 0 Å². The summed E-state index contributed by atoms with van der Waals surface area (Å²) >= 11 is 0. The zero-order chi connectivity index (χ0) is 10.7. The molecule has 0 aromatic carbocycles. The standard InChI is InChI=1S/C12H23NO2/c1-9-6-11(8-15-9)12(13)7-10-2-4-14-5-3-10/h9-12H,2-8,13H2,1H3. The zero-order valence-electron chi connectivity index (χ0n) is 9.65. The number of rotatable bonds is 3. The van der Waals surface area contributed by atoms with Crippen molar-refractivity contribution in [2.75, 3.05) is 19.8 Å². The van der Waals surface area contributed by atoms with E-state index in [4.69, 9.17) is 15.2 Å². The summed E-state index contributed by atoms with van der Waals surface area (Å²) < 4.78 is 10.9. The van der Waals surface area contributed by atoms with Crippen molar-refractivity contribution in [2.45, 2.75) is 44.8 Å². The Hall–Kier alpha value is -0.120. The van der Waals surface area contributed by atoms with Crippen LogP contribution >= 0.6 is 0 Å². The Balaban J connectivity index is 1.73. The maximum atomic E-state index is 6.25. The van der Waals surface area contributed by atoms with Crippen molar-refractivity contribution in [3.8, 4) is 0 Å². The molecule has 0 bridgehead atoms. The summed E-state index contributed by atoms with van der Waals surface area (Å²) in [6.45, 7) is 4.86. The first-order valence-corrected chi connectivity index (χ1v) is 6.20. The number of nitrogens with two attached hydrogens (primary N) is 1. The van der Waals surface area contributed by atoms with Gasteiger partial charge in [-0.3, -0.25) is 0 Å². The van der Waals surface area contributed by atoms with E-state index in [0.29, 0.717) is 18.1 Å². The van der Waals surface area contributed by atoms with Crippen molar-refractivity contribution in [3.63, 3.8) is 0 Å². The first kappa shape index (κ1) is 11.4. The molecule has 0 spiro atoms. The van der Waals surface area contributed by atoms with Crippen molar-refractivity contribution < 1.29 is 9.47 Å². The van der Waals surface area contributed by atoms with Crippen molar-refractivity contribution in [2.24, 2.45) is 17.6 Å². The lowest BCUT2D eigenvalue weighted by Gasteiger charge is -2.27. The molecule has 2 aliphatic rings. The van der Waals surface area contributed by atoms with Crippen molar-refractivity contribution in [3.05, 3.63) is 0 Å². The van der Waals surface area contributed by atoms with E-state index in [0.717, 1.165) is 38.6 Å². The first-order valence-electron chi connectivity index (χ1n) is 6.20. The van der Waals surface area contributed by atoms with E-state index in [1.165, 1.54) is 12.8 Å². The summed E-state index contributed by atoms with van der Waals surface area (Å²) in [6, 6.07) is 0.332. The van der Waals surface area contributed by atoms with Crippen LogP contribution in [-0.2, 0) is 9.47 Å². The highest BCUT2D eigenvalue weighted by atomic mass is 16.5. The number of ether oxygens (including phenoxy) is 2. The minimum Gasteiger partial charge on any atom is -0.381 e. The van der Waals surface area contributed by atoms with E-state index in [1.54, 1.807) is 0 Å². The predicted molar refractivity (Wildman–Crippen MR) is 59.7 cm³/mol. The third-order valence-electron chi connectivity index (χ3n) is 3.78. The van der Waals surface area contributed by atoms with Gasteiger partial charge < -0.3 is 15.2 Å². The third kappa shape index (κ3) is 3.16. The molecule has 3 unspecified atom stereocenters. The van der Waals surface area contributed by atoms with Gasteiger partial charge in [-0.2, -0.15) is 0 Å². The smallest absolute Gasteiger partial charge is 0.0551 e. The van der Waals surface area contributed by atoms with Crippen LogP contribution in [0.5, 0.6) is 0 Å². The van der Waals surface area contributed by atoms with Crippen LogP contribution in [0.1, 0.15) is 32.6 Å². The molecular weight excluding hydrogens is 190 g/mol. The lowest BCUT2D eigenvalue weighted by molar-refractivity contribution is 0.0590. The molecule has 2 heterocycles. The Morgan fingerprint density at radius 3 is 2.67 bits per heavy atom. The molecule has 0 amide bonds. The van der Waals surface area contributed by atoms with Gasteiger partial charge in [-0.25, -0.2) is 0 Å². The van der Waals surface area contributed by atoms with Gasteiger partial charge in [0.05, 0.1) is 12.7 Å². The van der Waals surface area contributed by atoms with Gasteiger partial charge in [-0.1, -0.05) is 0 Å². The average Bonchev–Trinajstić information content (AvgIpc) is 2.66. The van der Waals surface area contributed by atoms with E-state index in [1.807, 2.05) is 0 Å². The fourth-order valence-corrected chi connectivity index (χ4v) is 2.71. The topological polar surface area (TPSA) is 44.5 Å². The lowest BCUT2D eigenvalue weighted by Crippen LogP contribution is -2.34. The van der Waals surface area contributed by atoms with E-state index in [9.17, 15) is 0 Å². The van der Waals surface area contributed by atoms with E-state index >= 15 is 0 Å². The molecular formula is C12H23NO2. The number of hydrogen-bond acceptors (Lipinski definition) is 3. The van der Waals surface area contributed by atoms with Gasteiger partial charge in [0.2, 0.25) is 0 Å². The highest BCUT2D eigenvalue weighted by Gasteiger charge is 2.29. The number of hydrogen-bond donors (Lipinski definition) is 1. The summed E-state index contributed by atoms with van der Waals surface area (Å²) in [5.74, 6) is 1.37. The molecule has 15 heavy (non-hydrogen) atoms. The van der Waals surface area contributed by atoms with Gasteiger partial charge in [0.25, 0.3) is 0 Å². The van der Waals surface area contributed by atoms with Gasteiger partial charge >= 0.3 is 0 Å². The normalized spacial score (nSPS) is 35.6. The van der Waals surface area contributed by atoms with E-state index < -0.39 is 0 Å². The van der Waals surface area contributed by atoms with E-state index in [2.05, 4.69) is 6.92 Å². The molecule has 3 nitrogen and oxygen atoms in total. The molecule has 0 radical (unpaired) electrons. The molecule has 0 aromatic rings. The van der Waals surface area contributed by atoms with Gasteiger partial charge in [0.1, 0.15) is 0 Å². The Bertz CT molecular complexity index is 192. The maximum absolute atomic E-state index is 6.25. The third-order valence-corrected chi connectivity index (χ3v) is 3.78. The zero-order valence-corrected chi connectivity index (χ0v) is 9.65. The predicted octanol–water partition coefficient (Wildman–Crippen LogP) is 1.56. The molecule has 3 atom stereocenters. The van der Waals surface area contributed by atoms with Crippen molar-refractivity contribution in [1.29, 1.82) is 0 Å². The van der Waals surface area contributed by atoms with Crippen molar-refractivity contribution in [1.82, 2.24) is 0 Å². The van der Waals surface area contributed by atoms with Gasteiger partial charge in [-0.05, 0) is 44.4 Å². The Morgan fingerprint density at radius 2 is 2.07 bits per heavy atom. The Kier molecular flexibility index (Phi) is 4.00. The average molecular weight is 213 g/mol. The fraction of sp³-hybridized carbons (Fsp3) is 1.00. The highest BCUT2D eigenvalue weighted by molar-refractivity contribution is 4.82. The van der Waals surface area contributed by atoms with Gasteiger partial charge in [0, 0.05) is 19.3 Å². The van der Waals surface area contributed by atoms with E-state index in [-0.39, 0.29) is 0 Å². The Morgan fingerprint density at radius 1 is 1.33 bits per heavy atom. The quantitative estimate of drug-likeness (QED) is 0.773. The summed E-state index contributed by atoms with van der Waals surface area (Å²) in [5.41, 5.74) is 6.25. The highest BCUT2D eigenvalue weighted by Crippen LogP contribution is 2.27. The van der Waals surface area contributed by atoms with Crippen LogP contribution < -0.4 is 5.73 Å². The molecule has 88 valence electrons. The van der Waals surface area contributed by atoms with Crippen LogP contribution in [0, 0.1) is 11.8 Å². The molecule has 2 fully saturated rings. The van der Waals surface area contributed by atoms with Gasteiger partial charge in [0.15, 0.2) is 0 Å². The summed E-state index contributed by atoms with van der Waals surface area (Å²) in [7, 11) is 0. The van der Waals surface area contributed by atoms with Crippen LogP contribution in [0.4, 0.5) is 0 Å². The molecule has 2 saturated heterocycles. The second-order valence-corrected chi connectivity index (χ2v) is 5.10. The maximum Gasteiger partial charge on any atom is 0.0551 e. The van der Waals surface area contributed by atoms with Crippen LogP contribution in [0.2, 0.25) is 0 Å². The fourth-order valence-electron chi connectivity index (χ4n) is 2.71.